The van der Waals surface area contributed by atoms with Gasteiger partial charge in [-0.15, -0.1) is 0 Å². The molecule has 0 spiro atoms. The van der Waals surface area contributed by atoms with Crippen molar-refractivity contribution in [2.75, 3.05) is 25.6 Å². The largest absolute Gasteiger partial charge is 0.378 e. The first-order valence-corrected chi connectivity index (χ1v) is 8.06. The SMILES string of the molecule is CC1=CC(C)[C@@H]2COC(c3ccc(N(C)C)cc3)[C@H]1C2C. The third-order valence-electron chi connectivity index (χ3n) is 5.50. The molecule has 0 radical (unpaired) electrons. The molecule has 1 aromatic rings. The molecule has 2 aliphatic rings. The monoisotopic (exact) mass is 285 g/mol. The molecule has 0 N–H and O–H groups in total. The Balaban J connectivity index is 1.90. The van der Waals surface area contributed by atoms with Crippen molar-refractivity contribution in [2.24, 2.45) is 23.7 Å². The summed E-state index contributed by atoms with van der Waals surface area (Å²) in [4.78, 5) is 2.14. The van der Waals surface area contributed by atoms with Gasteiger partial charge in [-0.2, -0.15) is 0 Å². The van der Waals surface area contributed by atoms with E-state index in [1.54, 1.807) is 0 Å². The van der Waals surface area contributed by atoms with E-state index >= 15 is 0 Å². The van der Waals surface area contributed by atoms with Gasteiger partial charge in [0.1, 0.15) is 0 Å². The maximum atomic E-state index is 6.29. The molecular weight excluding hydrogens is 258 g/mol. The number of fused-ring (bicyclic) bond motifs is 2. The molecule has 0 saturated carbocycles. The average Bonchev–Trinajstić information content (AvgIpc) is 2.44. The number of benzene rings is 1. The standard InChI is InChI=1S/C19H27NO/c1-12-10-13(2)18-14(3)17(12)11-21-19(18)15-6-8-16(9-7-15)20(4)5/h6-10,12,14,17-19H,11H2,1-5H3/t12?,14?,17-,18+,19?/m0/s1. The normalized spacial score (nSPS) is 35.3. The van der Waals surface area contributed by atoms with Gasteiger partial charge in [0.2, 0.25) is 0 Å². The van der Waals surface area contributed by atoms with Crippen molar-refractivity contribution in [3.05, 3.63) is 41.5 Å². The van der Waals surface area contributed by atoms with Crippen molar-refractivity contribution in [3.8, 4) is 0 Å². The van der Waals surface area contributed by atoms with E-state index in [1.807, 2.05) is 0 Å². The zero-order valence-corrected chi connectivity index (χ0v) is 13.8. The van der Waals surface area contributed by atoms with Crippen LogP contribution in [0.5, 0.6) is 0 Å². The van der Waals surface area contributed by atoms with E-state index in [0.717, 1.165) is 6.61 Å². The third-order valence-corrected chi connectivity index (χ3v) is 5.50. The van der Waals surface area contributed by atoms with Gasteiger partial charge >= 0.3 is 0 Å². The van der Waals surface area contributed by atoms with E-state index < -0.39 is 0 Å². The van der Waals surface area contributed by atoms with Crippen molar-refractivity contribution >= 4 is 5.69 Å². The third kappa shape index (κ3) is 2.50. The van der Waals surface area contributed by atoms with Crippen molar-refractivity contribution in [1.82, 2.24) is 0 Å². The van der Waals surface area contributed by atoms with Crippen molar-refractivity contribution in [3.63, 3.8) is 0 Å². The van der Waals surface area contributed by atoms with Crippen LogP contribution in [0.3, 0.4) is 0 Å². The Morgan fingerprint density at radius 3 is 2.38 bits per heavy atom. The first-order valence-electron chi connectivity index (χ1n) is 8.06. The minimum Gasteiger partial charge on any atom is -0.378 e. The fourth-order valence-electron chi connectivity index (χ4n) is 4.21. The lowest BCUT2D eigenvalue weighted by Crippen LogP contribution is -2.42. The van der Waals surface area contributed by atoms with Crippen LogP contribution in [0.1, 0.15) is 32.4 Å². The predicted octanol–water partition coefficient (Wildman–Crippen LogP) is 4.29. The average molecular weight is 285 g/mol. The molecular formula is C19H27NO. The van der Waals surface area contributed by atoms with Gasteiger partial charge in [0.15, 0.2) is 0 Å². The second-order valence-electron chi connectivity index (χ2n) is 7.06. The molecule has 2 nitrogen and oxygen atoms in total. The van der Waals surface area contributed by atoms with Crippen LogP contribution in [0.15, 0.2) is 35.9 Å². The topological polar surface area (TPSA) is 12.5 Å². The molecule has 2 bridgehead atoms. The summed E-state index contributed by atoms with van der Waals surface area (Å²) in [5.74, 6) is 2.56. The minimum atomic E-state index is 0.219. The van der Waals surface area contributed by atoms with Crippen LogP contribution < -0.4 is 4.90 Å². The lowest BCUT2D eigenvalue weighted by Gasteiger charge is -2.47. The van der Waals surface area contributed by atoms with E-state index in [-0.39, 0.29) is 6.10 Å². The lowest BCUT2D eigenvalue weighted by molar-refractivity contribution is -0.0934. The zero-order chi connectivity index (χ0) is 15.1. The Morgan fingerprint density at radius 1 is 1.10 bits per heavy atom. The van der Waals surface area contributed by atoms with Crippen LogP contribution in [-0.2, 0) is 4.74 Å². The fraction of sp³-hybridized carbons (Fsp3) is 0.579. The van der Waals surface area contributed by atoms with Gasteiger partial charge in [0, 0.05) is 25.7 Å². The molecule has 2 heteroatoms. The summed E-state index contributed by atoms with van der Waals surface area (Å²) in [6.45, 7) is 7.91. The Morgan fingerprint density at radius 2 is 1.76 bits per heavy atom. The van der Waals surface area contributed by atoms with Crippen molar-refractivity contribution in [2.45, 2.75) is 26.9 Å². The van der Waals surface area contributed by atoms with E-state index in [9.17, 15) is 0 Å². The second-order valence-corrected chi connectivity index (χ2v) is 7.06. The Bertz CT molecular complexity index is 531. The zero-order valence-electron chi connectivity index (χ0n) is 13.8. The highest BCUT2D eigenvalue weighted by atomic mass is 16.5. The van der Waals surface area contributed by atoms with E-state index in [2.05, 4.69) is 70.1 Å². The Hall–Kier alpha value is -1.28. The molecule has 1 aliphatic heterocycles. The van der Waals surface area contributed by atoms with Crippen LogP contribution in [0, 0.1) is 23.7 Å². The molecule has 1 heterocycles. The molecule has 1 aliphatic carbocycles. The molecule has 0 aromatic heterocycles. The Labute approximate surface area is 128 Å². The van der Waals surface area contributed by atoms with Gasteiger partial charge in [-0.25, -0.2) is 0 Å². The maximum absolute atomic E-state index is 6.29. The Kier molecular flexibility index (Phi) is 3.83. The van der Waals surface area contributed by atoms with Crippen LogP contribution >= 0.6 is 0 Å². The van der Waals surface area contributed by atoms with Crippen LogP contribution in [-0.4, -0.2) is 20.7 Å². The molecule has 0 amide bonds. The van der Waals surface area contributed by atoms with E-state index in [0.29, 0.717) is 23.7 Å². The number of allylic oxidation sites excluding steroid dienone is 1. The van der Waals surface area contributed by atoms with Crippen molar-refractivity contribution in [1.29, 1.82) is 0 Å². The number of rotatable bonds is 2. The van der Waals surface area contributed by atoms with E-state index in [1.165, 1.54) is 16.8 Å². The first-order chi connectivity index (χ1) is 9.99. The smallest absolute Gasteiger partial charge is 0.0892 e. The number of nitrogens with zero attached hydrogens (tertiary/aromatic N) is 1. The first kappa shape index (κ1) is 14.6. The molecule has 1 saturated heterocycles. The number of ether oxygens (including phenoxy) is 1. The van der Waals surface area contributed by atoms with Crippen LogP contribution in [0.25, 0.3) is 0 Å². The summed E-state index contributed by atoms with van der Waals surface area (Å²) in [6.07, 6.45) is 2.69. The van der Waals surface area contributed by atoms with Gasteiger partial charge in [-0.3, -0.25) is 0 Å². The van der Waals surface area contributed by atoms with Crippen molar-refractivity contribution < 1.29 is 4.74 Å². The molecule has 5 atom stereocenters. The number of hydrogen-bond donors (Lipinski definition) is 0. The van der Waals surface area contributed by atoms with Gasteiger partial charge in [0.05, 0.1) is 12.7 Å². The summed E-state index contributed by atoms with van der Waals surface area (Å²) in [5.41, 5.74) is 4.07. The molecule has 114 valence electrons. The predicted molar refractivity (Wildman–Crippen MR) is 88.5 cm³/mol. The number of hydrogen-bond acceptors (Lipinski definition) is 2. The highest BCUT2D eigenvalue weighted by Gasteiger charge is 2.43. The van der Waals surface area contributed by atoms with Crippen LogP contribution in [0.2, 0.25) is 0 Å². The molecule has 1 fully saturated rings. The summed E-state index contributed by atoms with van der Waals surface area (Å²) < 4.78 is 6.29. The van der Waals surface area contributed by atoms with Crippen LogP contribution in [0.4, 0.5) is 5.69 Å². The summed E-state index contributed by atoms with van der Waals surface area (Å²) in [6, 6.07) is 8.86. The van der Waals surface area contributed by atoms with E-state index in [4.69, 9.17) is 4.74 Å². The molecule has 3 rings (SSSR count). The maximum Gasteiger partial charge on any atom is 0.0892 e. The number of anilines is 1. The highest BCUT2D eigenvalue weighted by Crippen LogP contribution is 2.49. The van der Waals surface area contributed by atoms with Gasteiger partial charge in [-0.1, -0.05) is 37.6 Å². The quantitative estimate of drug-likeness (QED) is 0.752. The molecule has 21 heavy (non-hydrogen) atoms. The minimum absolute atomic E-state index is 0.219. The van der Waals surface area contributed by atoms with Gasteiger partial charge in [-0.05, 0) is 42.4 Å². The molecule has 1 aromatic carbocycles. The summed E-state index contributed by atoms with van der Waals surface area (Å²) in [7, 11) is 4.16. The lowest BCUT2D eigenvalue weighted by atomic mass is 9.64. The van der Waals surface area contributed by atoms with Gasteiger partial charge < -0.3 is 9.64 Å². The fourth-order valence-corrected chi connectivity index (χ4v) is 4.21. The summed E-state index contributed by atoms with van der Waals surface area (Å²) in [5, 5.41) is 0. The summed E-state index contributed by atoms with van der Waals surface area (Å²) >= 11 is 0. The second kappa shape index (κ2) is 5.49. The highest BCUT2D eigenvalue weighted by molar-refractivity contribution is 5.46. The van der Waals surface area contributed by atoms with Gasteiger partial charge in [0.25, 0.3) is 0 Å². The molecule has 3 unspecified atom stereocenters.